The topological polar surface area (TPSA) is 84.7 Å². The highest BCUT2D eigenvalue weighted by molar-refractivity contribution is 5.95. The molecule has 2 aromatic carbocycles. The summed E-state index contributed by atoms with van der Waals surface area (Å²) in [6, 6.07) is 7.64. The van der Waals surface area contributed by atoms with Gasteiger partial charge in [-0.1, -0.05) is 17.9 Å². The van der Waals surface area contributed by atoms with Crippen molar-refractivity contribution in [2.45, 2.75) is 51.9 Å². The summed E-state index contributed by atoms with van der Waals surface area (Å²) < 4.78 is 77.5. The van der Waals surface area contributed by atoms with E-state index < -0.39 is 34.7 Å². The molecule has 0 saturated heterocycles. The van der Waals surface area contributed by atoms with Crippen LogP contribution in [0.4, 0.5) is 33.5 Å². The van der Waals surface area contributed by atoms with E-state index in [9.17, 15) is 22.4 Å². The lowest BCUT2D eigenvalue weighted by Crippen LogP contribution is -2.51. The summed E-state index contributed by atoms with van der Waals surface area (Å²) in [6.45, 7) is 5.15. The number of amides is 1. The van der Waals surface area contributed by atoms with Crippen molar-refractivity contribution in [3.8, 4) is 11.8 Å². The Morgan fingerprint density at radius 3 is 2.60 bits per heavy atom. The minimum absolute atomic E-state index is 0.0637. The second-order valence-electron chi connectivity index (χ2n) is 11.0. The number of hydrogen-bond donors (Lipinski definition) is 1. The third-order valence-electron chi connectivity index (χ3n) is 7.68. The van der Waals surface area contributed by atoms with E-state index in [2.05, 4.69) is 32.3 Å². The van der Waals surface area contributed by atoms with Crippen LogP contribution in [0.3, 0.4) is 0 Å². The van der Waals surface area contributed by atoms with E-state index in [1.807, 2.05) is 0 Å². The van der Waals surface area contributed by atoms with Crippen LogP contribution in [0.5, 0.6) is 0 Å². The number of hydrogen-bond acceptors (Lipinski definition) is 6. The van der Waals surface area contributed by atoms with E-state index in [1.54, 1.807) is 30.0 Å². The lowest BCUT2D eigenvalue weighted by molar-refractivity contribution is -0.172. The van der Waals surface area contributed by atoms with Crippen LogP contribution >= 0.6 is 0 Å². The molecule has 0 radical (unpaired) electrons. The number of anilines is 2. The number of carbonyl (C=O) groups is 1. The monoisotopic (exact) mass is 584 g/mol. The van der Waals surface area contributed by atoms with Crippen LogP contribution < -0.4 is 10.2 Å². The number of nitrogens with one attached hydrogen (secondary N) is 1. The Kier molecular flexibility index (Phi) is 6.38. The van der Waals surface area contributed by atoms with Crippen LogP contribution in [-0.2, 0) is 16.1 Å². The third kappa shape index (κ3) is 4.50. The highest BCUT2D eigenvalue weighted by atomic mass is 19.4. The highest BCUT2D eigenvalue weighted by Gasteiger charge is 2.64. The van der Waals surface area contributed by atoms with E-state index in [4.69, 9.17) is 4.74 Å². The molecule has 4 aromatic rings. The van der Waals surface area contributed by atoms with Gasteiger partial charge in [-0.25, -0.2) is 8.78 Å². The first-order chi connectivity index (χ1) is 19.8. The van der Waals surface area contributed by atoms with Gasteiger partial charge in [0.05, 0.1) is 24.1 Å². The van der Waals surface area contributed by atoms with Crippen molar-refractivity contribution in [2.24, 2.45) is 5.41 Å². The van der Waals surface area contributed by atoms with E-state index >= 15 is 4.39 Å². The maximum atomic E-state index is 15.4. The van der Waals surface area contributed by atoms with Gasteiger partial charge < -0.3 is 15.0 Å². The Bertz CT molecular complexity index is 1820. The van der Waals surface area contributed by atoms with Crippen molar-refractivity contribution in [2.75, 3.05) is 18.1 Å². The lowest BCUT2D eigenvalue weighted by atomic mass is 9.91. The van der Waals surface area contributed by atoms with Crippen LogP contribution in [0.1, 0.15) is 43.6 Å². The minimum Gasteiger partial charge on any atom is -0.375 e. The van der Waals surface area contributed by atoms with Gasteiger partial charge in [0.25, 0.3) is 5.78 Å². The van der Waals surface area contributed by atoms with Gasteiger partial charge in [0.2, 0.25) is 5.91 Å². The van der Waals surface area contributed by atoms with E-state index in [0.29, 0.717) is 28.2 Å². The standard InChI is InChI=1S/C29H25F5N6O2/c1-16-37-38-26-35-24(22-21(40(16)26)8-7-19(30)23(22)31)39-13-14-42-15-18-17(5-4-6-20(18)39)9-10-27(2,3)25(41)36-28(11-12-28)29(32,33)34/h4-8H,11-15H2,1-3H3,(H,36,41). The lowest BCUT2D eigenvalue weighted by Gasteiger charge is -2.26. The van der Waals surface area contributed by atoms with Gasteiger partial charge in [0.1, 0.15) is 22.6 Å². The number of fused-ring (bicyclic) bond motifs is 4. The first kappa shape index (κ1) is 27.8. The summed E-state index contributed by atoms with van der Waals surface area (Å²) >= 11 is 0. The Morgan fingerprint density at radius 2 is 1.88 bits per heavy atom. The molecule has 13 heteroatoms. The molecule has 0 unspecified atom stereocenters. The van der Waals surface area contributed by atoms with Gasteiger partial charge in [0.15, 0.2) is 11.6 Å². The summed E-state index contributed by atoms with van der Waals surface area (Å²) in [5, 5.41) is 10.2. The second-order valence-corrected chi connectivity index (χ2v) is 11.0. The molecule has 3 heterocycles. The first-order valence-corrected chi connectivity index (χ1v) is 13.2. The SMILES string of the molecule is Cc1nnc2nc(N3CCOCc4c(C#CC(C)(C)C(=O)NC5(C(F)(F)F)CC5)cccc43)c3c(F)c(F)ccc3n12. The molecule has 2 aliphatic rings. The number of ether oxygens (including phenoxy) is 1. The number of nitrogens with zero attached hydrogens (tertiary/aromatic N) is 5. The molecule has 2 aromatic heterocycles. The largest absolute Gasteiger partial charge is 0.411 e. The first-order valence-electron chi connectivity index (χ1n) is 13.2. The Hall–Kier alpha value is -4.31. The predicted octanol–water partition coefficient (Wildman–Crippen LogP) is 5.12. The maximum absolute atomic E-state index is 15.4. The van der Waals surface area contributed by atoms with Gasteiger partial charge in [-0.3, -0.25) is 9.20 Å². The molecule has 6 rings (SSSR count). The summed E-state index contributed by atoms with van der Waals surface area (Å²) in [4.78, 5) is 19.1. The molecule has 1 saturated carbocycles. The van der Waals surface area contributed by atoms with Crippen molar-refractivity contribution in [3.63, 3.8) is 0 Å². The highest BCUT2D eigenvalue weighted by Crippen LogP contribution is 2.49. The van der Waals surface area contributed by atoms with Crippen LogP contribution in [-0.4, -0.2) is 50.4 Å². The fourth-order valence-electron chi connectivity index (χ4n) is 5.02. The number of carbonyl (C=O) groups excluding carboxylic acids is 1. The average Bonchev–Trinajstić information content (AvgIpc) is 3.69. The number of benzene rings is 2. The van der Waals surface area contributed by atoms with Crippen molar-refractivity contribution in [3.05, 3.63) is 58.9 Å². The van der Waals surface area contributed by atoms with E-state index in [0.717, 1.165) is 6.07 Å². The van der Waals surface area contributed by atoms with Gasteiger partial charge in [-0.15, -0.1) is 10.2 Å². The average molecular weight is 585 g/mol. The van der Waals surface area contributed by atoms with Gasteiger partial charge in [0, 0.05) is 23.4 Å². The number of rotatable bonds is 3. The smallest absolute Gasteiger partial charge is 0.375 e. The van der Waals surface area contributed by atoms with Crippen LogP contribution in [0.25, 0.3) is 16.7 Å². The van der Waals surface area contributed by atoms with Crippen molar-refractivity contribution >= 4 is 34.1 Å². The Morgan fingerprint density at radius 1 is 1.12 bits per heavy atom. The zero-order valence-electron chi connectivity index (χ0n) is 22.9. The van der Waals surface area contributed by atoms with Gasteiger partial charge in [-0.2, -0.15) is 18.2 Å². The normalized spacial score (nSPS) is 16.5. The molecule has 42 heavy (non-hydrogen) atoms. The van der Waals surface area contributed by atoms with Crippen molar-refractivity contribution in [1.82, 2.24) is 24.9 Å². The molecule has 8 nitrogen and oxygen atoms in total. The molecule has 0 atom stereocenters. The minimum atomic E-state index is -4.54. The fourth-order valence-corrected chi connectivity index (χ4v) is 5.02. The molecule has 1 N–H and O–H groups in total. The molecule has 1 amide bonds. The molecular formula is C29H25F5N6O2. The maximum Gasteiger partial charge on any atom is 0.411 e. The fraction of sp³-hybridized carbons (Fsp3) is 0.379. The molecule has 0 bridgehead atoms. The second kappa shape index (κ2) is 9.62. The Balaban J connectivity index is 1.43. The Labute approximate surface area is 236 Å². The van der Waals surface area contributed by atoms with Crippen LogP contribution in [0.2, 0.25) is 0 Å². The summed E-state index contributed by atoms with van der Waals surface area (Å²) in [5.41, 5.74) is -1.68. The number of halogens is 5. The predicted molar refractivity (Wildman–Crippen MR) is 143 cm³/mol. The van der Waals surface area contributed by atoms with Crippen molar-refractivity contribution < 1.29 is 31.5 Å². The van der Waals surface area contributed by atoms with Gasteiger partial charge in [-0.05, 0) is 57.9 Å². The zero-order chi connectivity index (χ0) is 30.0. The number of aryl methyl sites for hydroxylation is 1. The molecule has 1 aliphatic heterocycles. The molecular weight excluding hydrogens is 559 g/mol. The summed E-state index contributed by atoms with van der Waals surface area (Å²) in [6.07, 6.45) is -4.88. The van der Waals surface area contributed by atoms with E-state index in [1.165, 1.54) is 24.3 Å². The van der Waals surface area contributed by atoms with Crippen LogP contribution in [0, 0.1) is 35.8 Å². The van der Waals surface area contributed by atoms with Crippen LogP contribution in [0.15, 0.2) is 30.3 Å². The number of aromatic nitrogens is 4. The van der Waals surface area contributed by atoms with Crippen molar-refractivity contribution in [1.29, 1.82) is 0 Å². The zero-order valence-corrected chi connectivity index (χ0v) is 22.9. The quantitative estimate of drug-likeness (QED) is 0.266. The van der Waals surface area contributed by atoms with E-state index in [-0.39, 0.29) is 49.6 Å². The molecule has 218 valence electrons. The molecule has 0 spiro atoms. The summed E-state index contributed by atoms with van der Waals surface area (Å²) in [5.74, 6) is 3.59. The molecule has 1 fully saturated rings. The molecule has 1 aliphatic carbocycles. The third-order valence-corrected chi connectivity index (χ3v) is 7.68. The summed E-state index contributed by atoms with van der Waals surface area (Å²) in [7, 11) is 0. The number of alkyl halides is 3. The van der Waals surface area contributed by atoms with Gasteiger partial charge >= 0.3 is 6.18 Å².